The monoisotopic (exact) mass is 222 g/mol. The number of para-hydroxylation sites is 1. The molecular formula is C13H22N2O. The second-order valence-electron chi connectivity index (χ2n) is 3.90. The van der Waals surface area contributed by atoms with Crippen LogP contribution in [0.1, 0.15) is 18.4 Å². The lowest BCUT2D eigenvalue weighted by molar-refractivity contribution is 0.202. The zero-order valence-electron chi connectivity index (χ0n) is 10.0. The van der Waals surface area contributed by atoms with E-state index in [0.717, 1.165) is 24.3 Å². The summed E-state index contributed by atoms with van der Waals surface area (Å²) >= 11 is 0. The van der Waals surface area contributed by atoms with E-state index in [1.807, 2.05) is 24.3 Å². The number of nitrogens with one attached hydrogen (secondary N) is 1. The van der Waals surface area contributed by atoms with Gasteiger partial charge >= 0.3 is 0 Å². The molecule has 1 aliphatic rings. The molecule has 2 rings (SSSR count). The fourth-order valence-corrected chi connectivity index (χ4v) is 1.60. The molecule has 0 unspecified atom stereocenters. The smallest absolute Gasteiger partial charge is 0.0503 e. The second kappa shape index (κ2) is 8.13. The molecule has 0 radical (unpaired) electrons. The number of rotatable bonds is 3. The van der Waals surface area contributed by atoms with Gasteiger partial charge in [-0.1, -0.05) is 18.2 Å². The van der Waals surface area contributed by atoms with Gasteiger partial charge in [0.05, 0.1) is 6.61 Å². The Morgan fingerprint density at radius 1 is 1.25 bits per heavy atom. The van der Waals surface area contributed by atoms with E-state index in [1.54, 1.807) is 7.11 Å². The molecule has 0 bridgehead atoms. The first kappa shape index (κ1) is 13.0. The van der Waals surface area contributed by atoms with Gasteiger partial charge in [-0.15, -0.1) is 0 Å². The van der Waals surface area contributed by atoms with Crippen LogP contribution in [0.15, 0.2) is 24.3 Å². The van der Waals surface area contributed by atoms with Crippen LogP contribution in [-0.2, 0) is 11.2 Å². The average Bonchev–Trinajstić information content (AvgIpc) is 2.87. The van der Waals surface area contributed by atoms with Gasteiger partial charge in [-0.25, -0.2) is 0 Å². The van der Waals surface area contributed by atoms with E-state index in [4.69, 9.17) is 10.5 Å². The number of ether oxygens (including phenoxy) is 1. The Kier molecular flexibility index (Phi) is 6.61. The maximum Gasteiger partial charge on any atom is 0.0503 e. The Balaban J connectivity index is 0.000000212. The van der Waals surface area contributed by atoms with Gasteiger partial charge in [-0.3, -0.25) is 0 Å². The number of methoxy groups -OCH3 is 1. The van der Waals surface area contributed by atoms with Crippen LogP contribution < -0.4 is 11.1 Å². The van der Waals surface area contributed by atoms with Gasteiger partial charge < -0.3 is 15.8 Å². The molecule has 0 aromatic heterocycles. The SMILES string of the molecule is C1CCNC1.COCCc1ccccc1N. The van der Waals surface area contributed by atoms with Crippen molar-refractivity contribution in [1.29, 1.82) is 0 Å². The largest absolute Gasteiger partial charge is 0.399 e. The van der Waals surface area contributed by atoms with Crippen LogP contribution in [0.25, 0.3) is 0 Å². The molecule has 0 spiro atoms. The number of hydrogen-bond donors (Lipinski definition) is 2. The van der Waals surface area contributed by atoms with Gasteiger partial charge in [0.1, 0.15) is 0 Å². The summed E-state index contributed by atoms with van der Waals surface area (Å²) in [7, 11) is 1.69. The van der Waals surface area contributed by atoms with Crippen molar-refractivity contribution in [1.82, 2.24) is 5.32 Å². The highest BCUT2D eigenvalue weighted by atomic mass is 16.5. The summed E-state index contributed by atoms with van der Waals surface area (Å²) < 4.78 is 4.95. The first-order valence-electron chi connectivity index (χ1n) is 5.87. The molecule has 0 amide bonds. The number of benzene rings is 1. The molecule has 3 N–H and O–H groups in total. The van der Waals surface area contributed by atoms with Gasteiger partial charge in [0.2, 0.25) is 0 Å². The van der Waals surface area contributed by atoms with E-state index in [0.29, 0.717) is 0 Å². The zero-order chi connectivity index (χ0) is 11.6. The third-order valence-corrected chi connectivity index (χ3v) is 2.59. The van der Waals surface area contributed by atoms with Gasteiger partial charge in [0.15, 0.2) is 0 Å². The summed E-state index contributed by atoms with van der Waals surface area (Å²) in [6, 6.07) is 7.85. The molecule has 1 heterocycles. The molecule has 1 aromatic rings. The van der Waals surface area contributed by atoms with Gasteiger partial charge in [-0.2, -0.15) is 0 Å². The normalized spacial score (nSPS) is 14.3. The Bertz CT molecular complexity index is 277. The van der Waals surface area contributed by atoms with Gasteiger partial charge in [0, 0.05) is 12.8 Å². The lowest BCUT2D eigenvalue weighted by atomic mass is 10.1. The fraction of sp³-hybridized carbons (Fsp3) is 0.538. The number of nitrogens with two attached hydrogens (primary N) is 1. The number of nitrogen functional groups attached to an aromatic ring is 1. The minimum atomic E-state index is 0.730. The summed E-state index contributed by atoms with van der Waals surface area (Å²) in [6.07, 6.45) is 3.67. The van der Waals surface area contributed by atoms with E-state index in [1.165, 1.54) is 25.9 Å². The summed E-state index contributed by atoms with van der Waals surface area (Å²) in [4.78, 5) is 0. The third-order valence-electron chi connectivity index (χ3n) is 2.59. The van der Waals surface area contributed by atoms with Crippen LogP contribution in [0.2, 0.25) is 0 Å². The topological polar surface area (TPSA) is 47.3 Å². The Labute approximate surface area is 98.0 Å². The highest BCUT2D eigenvalue weighted by Gasteiger charge is 1.95. The molecule has 0 aliphatic carbocycles. The molecule has 90 valence electrons. The first-order valence-corrected chi connectivity index (χ1v) is 5.87. The zero-order valence-corrected chi connectivity index (χ0v) is 10.0. The van der Waals surface area contributed by atoms with E-state index >= 15 is 0 Å². The van der Waals surface area contributed by atoms with Crippen molar-refractivity contribution in [2.24, 2.45) is 0 Å². The quantitative estimate of drug-likeness (QED) is 0.767. The molecular weight excluding hydrogens is 200 g/mol. The molecule has 3 heteroatoms. The molecule has 1 saturated heterocycles. The van der Waals surface area contributed by atoms with E-state index < -0.39 is 0 Å². The minimum absolute atomic E-state index is 0.730. The molecule has 1 aromatic carbocycles. The maximum atomic E-state index is 5.71. The summed E-state index contributed by atoms with van der Waals surface area (Å²) in [6.45, 7) is 3.23. The van der Waals surface area contributed by atoms with Crippen molar-refractivity contribution in [3.8, 4) is 0 Å². The predicted octanol–water partition coefficient (Wildman–Crippen LogP) is 1.83. The van der Waals surface area contributed by atoms with Crippen LogP contribution in [0, 0.1) is 0 Å². The molecule has 0 atom stereocenters. The van der Waals surface area contributed by atoms with Crippen molar-refractivity contribution in [2.75, 3.05) is 32.5 Å². The number of anilines is 1. The minimum Gasteiger partial charge on any atom is -0.399 e. The summed E-state index contributed by atoms with van der Waals surface area (Å²) in [5.74, 6) is 0. The van der Waals surface area contributed by atoms with Crippen molar-refractivity contribution in [3.63, 3.8) is 0 Å². The predicted molar refractivity (Wildman–Crippen MR) is 68.5 cm³/mol. The highest BCUT2D eigenvalue weighted by molar-refractivity contribution is 5.46. The lowest BCUT2D eigenvalue weighted by Gasteiger charge is -2.02. The van der Waals surface area contributed by atoms with Crippen LogP contribution >= 0.6 is 0 Å². The van der Waals surface area contributed by atoms with Crippen molar-refractivity contribution in [2.45, 2.75) is 19.3 Å². The van der Waals surface area contributed by atoms with Gasteiger partial charge in [0.25, 0.3) is 0 Å². The van der Waals surface area contributed by atoms with Gasteiger partial charge in [-0.05, 0) is 44.0 Å². The maximum absolute atomic E-state index is 5.71. The van der Waals surface area contributed by atoms with E-state index in [2.05, 4.69) is 5.32 Å². The second-order valence-corrected chi connectivity index (χ2v) is 3.90. The molecule has 1 fully saturated rings. The highest BCUT2D eigenvalue weighted by Crippen LogP contribution is 2.10. The van der Waals surface area contributed by atoms with Crippen molar-refractivity contribution < 1.29 is 4.74 Å². The molecule has 16 heavy (non-hydrogen) atoms. The molecule has 3 nitrogen and oxygen atoms in total. The standard InChI is InChI=1S/C9H13NO.C4H9N/c1-11-7-6-8-4-2-3-5-9(8)10;1-2-4-5-3-1/h2-5H,6-7,10H2,1H3;5H,1-4H2. The first-order chi connectivity index (χ1) is 7.84. The van der Waals surface area contributed by atoms with Crippen LogP contribution in [0.5, 0.6) is 0 Å². The van der Waals surface area contributed by atoms with Crippen LogP contribution in [0.3, 0.4) is 0 Å². The van der Waals surface area contributed by atoms with E-state index in [-0.39, 0.29) is 0 Å². The Morgan fingerprint density at radius 2 is 1.94 bits per heavy atom. The summed E-state index contributed by atoms with van der Waals surface area (Å²) in [5, 5.41) is 3.22. The fourth-order valence-electron chi connectivity index (χ4n) is 1.60. The third kappa shape index (κ3) is 5.14. The van der Waals surface area contributed by atoms with E-state index in [9.17, 15) is 0 Å². The van der Waals surface area contributed by atoms with Crippen molar-refractivity contribution in [3.05, 3.63) is 29.8 Å². The Hall–Kier alpha value is -1.06. The van der Waals surface area contributed by atoms with Crippen LogP contribution in [0.4, 0.5) is 5.69 Å². The lowest BCUT2D eigenvalue weighted by Crippen LogP contribution is -2.03. The molecule has 0 saturated carbocycles. The van der Waals surface area contributed by atoms with Crippen molar-refractivity contribution >= 4 is 5.69 Å². The number of hydrogen-bond acceptors (Lipinski definition) is 3. The van der Waals surface area contributed by atoms with Crippen LogP contribution in [-0.4, -0.2) is 26.8 Å². The Morgan fingerprint density at radius 3 is 2.44 bits per heavy atom. The summed E-state index contributed by atoms with van der Waals surface area (Å²) in [5.41, 5.74) is 7.72. The molecule has 1 aliphatic heterocycles. The average molecular weight is 222 g/mol.